The summed E-state index contributed by atoms with van der Waals surface area (Å²) in [4.78, 5) is 23.3. The third-order valence-electron chi connectivity index (χ3n) is 5.87. The maximum atomic E-state index is 12.5. The van der Waals surface area contributed by atoms with E-state index in [1.807, 2.05) is 12.1 Å². The van der Waals surface area contributed by atoms with Crippen molar-refractivity contribution in [2.45, 2.75) is 25.8 Å². The van der Waals surface area contributed by atoms with Crippen molar-refractivity contribution in [1.29, 1.82) is 0 Å². The van der Waals surface area contributed by atoms with Crippen molar-refractivity contribution in [3.63, 3.8) is 0 Å². The monoisotopic (exact) mass is 417 g/mol. The molecule has 0 aliphatic carbocycles. The molecule has 0 aromatic carbocycles. The number of hydrogen-bond acceptors (Lipinski definition) is 6. The number of pyridine rings is 1. The number of hydrogen-bond donors (Lipinski definition) is 0. The molecule has 4 rings (SSSR count). The lowest BCUT2D eigenvalue weighted by Crippen LogP contribution is -2.41. The summed E-state index contributed by atoms with van der Waals surface area (Å²) < 4.78 is 27.1. The van der Waals surface area contributed by atoms with E-state index in [0.717, 1.165) is 44.5 Å². The van der Waals surface area contributed by atoms with Gasteiger partial charge in [0.05, 0.1) is 17.8 Å². The summed E-state index contributed by atoms with van der Waals surface area (Å²) in [6.07, 6.45) is 7.78. The fourth-order valence-electron chi connectivity index (χ4n) is 4.10. The van der Waals surface area contributed by atoms with Crippen molar-refractivity contribution < 1.29 is 8.42 Å². The minimum atomic E-state index is -3.01. The zero-order chi connectivity index (χ0) is 20.3. The van der Waals surface area contributed by atoms with E-state index in [1.165, 1.54) is 0 Å². The van der Waals surface area contributed by atoms with Crippen LogP contribution in [0.15, 0.2) is 41.7 Å². The SMILES string of the molecule is O=c1cc(-c2cccnc2)ncn1CC1CCN(CCN2CCCS2(=O)=O)CC1. The Morgan fingerprint density at radius 1 is 1.14 bits per heavy atom. The van der Waals surface area contributed by atoms with Gasteiger partial charge in [-0.05, 0) is 50.4 Å². The molecule has 2 saturated heterocycles. The summed E-state index contributed by atoms with van der Waals surface area (Å²) in [7, 11) is -3.01. The van der Waals surface area contributed by atoms with Crippen LogP contribution in [0.1, 0.15) is 19.3 Å². The van der Waals surface area contributed by atoms with Crippen LogP contribution in [0.25, 0.3) is 11.3 Å². The second kappa shape index (κ2) is 8.73. The number of nitrogens with zero attached hydrogens (tertiary/aromatic N) is 5. The number of rotatable bonds is 6. The van der Waals surface area contributed by atoms with Gasteiger partial charge in [0.1, 0.15) is 0 Å². The fourth-order valence-corrected chi connectivity index (χ4v) is 5.62. The van der Waals surface area contributed by atoms with Crippen LogP contribution in [-0.2, 0) is 16.6 Å². The van der Waals surface area contributed by atoms with E-state index < -0.39 is 10.0 Å². The van der Waals surface area contributed by atoms with E-state index in [9.17, 15) is 13.2 Å². The maximum Gasteiger partial charge on any atom is 0.253 e. The van der Waals surface area contributed by atoms with Crippen LogP contribution in [0.3, 0.4) is 0 Å². The average molecular weight is 418 g/mol. The Labute approximate surface area is 171 Å². The lowest BCUT2D eigenvalue weighted by molar-refractivity contribution is 0.165. The zero-order valence-electron chi connectivity index (χ0n) is 16.5. The van der Waals surface area contributed by atoms with Crippen molar-refractivity contribution in [1.82, 2.24) is 23.7 Å². The van der Waals surface area contributed by atoms with Crippen LogP contribution in [0.5, 0.6) is 0 Å². The van der Waals surface area contributed by atoms with E-state index >= 15 is 0 Å². The highest BCUT2D eigenvalue weighted by Gasteiger charge is 2.28. The molecule has 0 spiro atoms. The van der Waals surface area contributed by atoms with Crippen molar-refractivity contribution in [2.75, 3.05) is 38.5 Å². The van der Waals surface area contributed by atoms with Crippen LogP contribution < -0.4 is 5.56 Å². The Morgan fingerprint density at radius 3 is 2.62 bits per heavy atom. The number of likely N-dealkylation sites (tertiary alicyclic amines) is 1. The molecule has 156 valence electrons. The van der Waals surface area contributed by atoms with Crippen molar-refractivity contribution >= 4 is 10.0 Å². The second-order valence-corrected chi connectivity index (χ2v) is 9.95. The normalized spacial score (nSPS) is 20.8. The molecule has 2 aromatic rings. The fraction of sp³-hybridized carbons (Fsp3) is 0.550. The number of sulfonamides is 1. The predicted octanol–water partition coefficient (Wildman–Crippen LogP) is 1.05. The summed E-state index contributed by atoms with van der Waals surface area (Å²) in [5, 5.41) is 0. The van der Waals surface area contributed by atoms with Crippen molar-refractivity contribution in [3.05, 3.63) is 47.3 Å². The van der Waals surface area contributed by atoms with Gasteiger partial charge in [-0.2, -0.15) is 0 Å². The molecule has 2 fully saturated rings. The molecule has 0 amide bonds. The van der Waals surface area contributed by atoms with Gasteiger partial charge < -0.3 is 4.90 Å². The Bertz CT molecular complexity index is 985. The highest BCUT2D eigenvalue weighted by Crippen LogP contribution is 2.20. The van der Waals surface area contributed by atoms with E-state index in [-0.39, 0.29) is 11.3 Å². The summed E-state index contributed by atoms with van der Waals surface area (Å²) in [5.74, 6) is 0.725. The van der Waals surface area contributed by atoms with Gasteiger partial charge in [-0.1, -0.05) is 0 Å². The molecule has 0 bridgehead atoms. The highest BCUT2D eigenvalue weighted by molar-refractivity contribution is 7.89. The van der Waals surface area contributed by atoms with Gasteiger partial charge in [0, 0.05) is 50.2 Å². The third kappa shape index (κ3) is 4.91. The molecule has 0 unspecified atom stereocenters. The van der Waals surface area contributed by atoms with Gasteiger partial charge in [0.15, 0.2) is 0 Å². The van der Waals surface area contributed by atoms with Crippen LogP contribution in [-0.4, -0.2) is 70.6 Å². The summed E-state index contributed by atoms with van der Waals surface area (Å²) >= 11 is 0. The predicted molar refractivity (Wildman–Crippen MR) is 111 cm³/mol. The Kier molecular flexibility index (Phi) is 6.07. The third-order valence-corrected chi connectivity index (χ3v) is 7.82. The van der Waals surface area contributed by atoms with Crippen LogP contribution >= 0.6 is 0 Å². The number of piperidine rings is 1. The van der Waals surface area contributed by atoms with Gasteiger partial charge >= 0.3 is 0 Å². The highest BCUT2D eigenvalue weighted by atomic mass is 32.2. The van der Waals surface area contributed by atoms with Crippen LogP contribution in [0.2, 0.25) is 0 Å². The van der Waals surface area contributed by atoms with Gasteiger partial charge in [-0.25, -0.2) is 17.7 Å². The molecule has 2 aliphatic rings. The number of aromatic nitrogens is 3. The molecule has 0 atom stereocenters. The lowest BCUT2D eigenvalue weighted by atomic mass is 9.96. The standard InChI is InChI=1S/C20H27N5O3S/c26-20-13-19(18-3-1-6-21-14-18)22-16-24(20)15-17-4-8-23(9-5-17)10-11-25-7-2-12-29(25,27)28/h1,3,6,13-14,16-17H,2,4-5,7-12,15H2. The first-order valence-corrected chi connectivity index (χ1v) is 11.8. The van der Waals surface area contributed by atoms with Crippen molar-refractivity contribution in [2.24, 2.45) is 5.92 Å². The minimum Gasteiger partial charge on any atom is -0.302 e. The Morgan fingerprint density at radius 2 is 1.97 bits per heavy atom. The second-order valence-electron chi connectivity index (χ2n) is 7.86. The Balaban J connectivity index is 1.28. The molecule has 0 N–H and O–H groups in total. The molecular formula is C20H27N5O3S. The first-order chi connectivity index (χ1) is 14.0. The van der Waals surface area contributed by atoms with Crippen LogP contribution in [0.4, 0.5) is 0 Å². The average Bonchev–Trinajstić information content (AvgIpc) is 3.07. The maximum absolute atomic E-state index is 12.5. The molecule has 4 heterocycles. The topological polar surface area (TPSA) is 88.4 Å². The quantitative estimate of drug-likeness (QED) is 0.698. The molecule has 29 heavy (non-hydrogen) atoms. The van der Waals surface area contributed by atoms with E-state index in [2.05, 4.69) is 14.9 Å². The van der Waals surface area contributed by atoms with E-state index in [1.54, 1.807) is 33.7 Å². The van der Waals surface area contributed by atoms with E-state index in [0.29, 0.717) is 31.2 Å². The molecule has 0 saturated carbocycles. The minimum absolute atomic E-state index is 0.0412. The molecule has 9 heteroatoms. The van der Waals surface area contributed by atoms with Crippen molar-refractivity contribution in [3.8, 4) is 11.3 Å². The molecule has 0 radical (unpaired) electrons. The first-order valence-electron chi connectivity index (χ1n) is 10.2. The first kappa shape index (κ1) is 20.2. The molecule has 8 nitrogen and oxygen atoms in total. The Hall–Kier alpha value is -2.10. The van der Waals surface area contributed by atoms with Crippen LogP contribution in [0, 0.1) is 5.92 Å². The summed E-state index contributed by atoms with van der Waals surface area (Å²) in [5.41, 5.74) is 1.44. The summed E-state index contributed by atoms with van der Waals surface area (Å²) in [6, 6.07) is 5.29. The van der Waals surface area contributed by atoms with Gasteiger partial charge in [0.2, 0.25) is 10.0 Å². The molecule has 2 aliphatic heterocycles. The van der Waals surface area contributed by atoms with Gasteiger partial charge in [-0.15, -0.1) is 0 Å². The smallest absolute Gasteiger partial charge is 0.253 e. The lowest BCUT2D eigenvalue weighted by Gasteiger charge is -2.32. The zero-order valence-corrected chi connectivity index (χ0v) is 17.3. The van der Waals surface area contributed by atoms with Gasteiger partial charge in [0.25, 0.3) is 5.56 Å². The molecule has 2 aromatic heterocycles. The molecular weight excluding hydrogens is 390 g/mol. The largest absolute Gasteiger partial charge is 0.302 e. The van der Waals surface area contributed by atoms with Gasteiger partial charge in [-0.3, -0.25) is 14.3 Å². The van der Waals surface area contributed by atoms with E-state index in [4.69, 9.17) is 0 Å². The summed E-state index contributed by atoms with van der Waals surface area (Å²) in [6.45, 7) is 4.58.